The number of halogens is 1. The fourth-order valence-electron chi connectivity index (χ4n) is 2.92. The lowest BCUT2D eigenvalue weighted by Gasteiger charge is -2.34. The van der Waals surface area contributed by atoms with E-state index in [9.17, 15) is 0 Å². The smallest absolute Gasteiger partial charge is 0.233 e. The predicted octanol–water partition coefficient (Wildman–Crippen LogP) is 3.18. The molecule has 0 radical (unpaired) electrons. The molecule has 1 aromatic carbocycles. The number of aromatic nitrogens is 4. The van der Waals surface area contributed by atoms with Crippen LogP contribution in [0.4, 0.5) is 0 Å². The van der Waals surface area contributed by atoms with Crippen molar-refractivity contribution in [1.29, 1.82) is 0 Å². The third kappa shape index (κ3) is 2.87. The standard InChI is InChI=1S/C15H14ClN5OS/c1-9-17-19-15(22-9)13-6-10-4-2-3-5-11(10)7-21(13)8-12-14(16)23-20-18-12/h2-5,13H,6-8H2,1H3. The Hall–Kier alpha value is -1.83. The number of nitrogens with zero attached hydrogens (tertiary/aromatic N) is 5. The van der Waals surface area contributed by atoms with E-state index < -0.39 is 0 Å². The molecule has 0 aliphatic carbocycles. The maximum atomic E-state index is 6.17. The second-order valence-electron chi connectivity index (χ2n) is 5.55. The van der Waals surface area contributed by atoms with Crippen LogP contribution in [0.15, 0.2) is 28.7 Å². The number of hydrogen-bond acceptors (Lipinski definition) is 7. The van der Waals surface area contributed by atoms with Crippen LogP contribution in [0.2, 0.25) is 4.34 Å². The summed E-state index contributed by atoms with van der Waals surface area (Å²) in [6.07, 6.45) is 0.826. The first-order chi connectivity index (χ1) is 11.2. The highest BCUT2D eigenvalue weighted by Gasteiger charge is 2.32. The van der Waals surface area contributed by atoms with Crippen molar-refractivity contribution < 1.29 is 4.42 Å². The minimum absolute atomic E-state index is 0.0175. The summed E-state index contributed by atoms with van der Waals surface area (Å²) in [6.45, 7) is 3.20. The van der Waals surface area contributed by atoms with Gasteiger partial charge in [0.2, 0.25) is 11.8 Å². The SMILES string of the molecule is Cc1nnc(C2Cc3ccccc3CN2Cc2nnsc2Cl)o1. The zero-order valence-corrected chi connectivity index (χ0v) is 14.0. The first-order valence-corrected chi connectivity index (χ1v) is 8.43. The maximum Gasteiger partial charge on any atom is 0.233 e. The molecular formula is C15H14ClN5OS. The maximum absolute atomic E-state index is 6.17. The van der Waals surface area contributed by atoms with Gasteiger partial charge in [0.15, 0.2) is 0 Å². The highest BCUT2D eigenvalue weighted by Crippen LogP contribution is 2.34. The van der Waals surface area contributed by atoms with Crippen molar-refractivity contribution in [3.8, 4) is 0 Å². The molecule has 0 amide bonds. The van der Waals surface area contributed by atoms with E-state index in [0.29, 0.717) is 22.7 Å². The van der Waals surface area contributed by atoms with E-state index in [1.165, 1.54) is 22.7 Å². The van der Waals surface area contributed by atoms with Gasteiger partial charge >= 0.3 is 0 Å². The fourth-order valence-corrected chi connectivity index (χ4v) is 3.53. The molecule has 3 aromatic rings. The van der Waals surface area contributed by atoms with E-state index >= 15 is 0 Å². The number of aryl methyl sites for hydroxylation is 1. The second kappa shape index (κ2) is 5.99. The summed E-state index contributed by atoms with van der Waals surface area (Å²) in [5, 5.41) is 12.3. The molecule has 23 heavy (non-hydrogen) atoms. The Balaban J connectivity index is 1.69. The van der Waals surface area contributed by atoms with Crippen LogP contribution < -0.4 is 0 Å². The summed E-state index contributed by atoms with van der Waals surface area (Å²) in [6, 6.07) is 8.44. The van der Waals surface area contributed by atoms with Crippen molar-refractivity contribution >= 4 is 23.1 Å². The molecule has 0 saturated heterocycles. The highest BCUT2D eigenvalue weighted by molar-refractivity contribution is 7.10. The van der Waals surface area contributed by atoms with Gasteiger partial charge in [-0.15, -0.1) is 15.3 Å². The van der Waals surface area contributed by atoms with Gasteiger partial charge in [0.1, 0.15) is 10.0 Å². The van der Waals surface area contributed by atoms with Crippen LogP contribution in [0.5, 0.6) is 0 Å². The van der Waals surface area contributed by atoms with E-state index in [1.807, 2.05) is 0 Å². The van der Waals surface area contributed by atoms with Crippen LogP contribution >= 0.6 is 23.1 Å². The summed E-state index contributed by atoms with van der Waals surface area (Å²) >= 11 is 7.38. The molecule has 8 heteroatoms. The van der Waals surface area contributed by atoms with Gasteiger partial charge in [-0.05, 0) is 17.5 Å². The molecule has 0 N–H and O–H groups in total. The van der Waals surface area contributed by atoms with Gasteiger partial charge in [0.25, 0.3) is 0 Å². The van der Waals surface area contributed by atoms with E-state index in [2.05, 4.69) is 48.9 Å². The van der Waals surface area contributed by atoms with Crippen molar-refractivity contribution in [1.82, 2.24) is 24.7 Å². The molecule has 118 valence electrons. The van der Waals surface area contributed by atoms with Crippen LogP contribution in [0.1, 0.15) is 34.6 Å². The highest BCUT2D eigenvalue weighted by atomic mass is 35.5. The number of benzene rings is 1. The quantitative estimate of drug-likeness (QED) is 0.724. The summed E-state index contributed by atoms with van der Waals surface area (Å²) < 4.78 is 10.2. The normalized spacial score (nSPS) is 18.1. The number of rotatable bonds is 3. The monoisotopic (exact) mass is 347 g/mol. The van der Waals surface area contributed by atoms with Crippen molar-refractivity contribution in [3.63, 3.8) is 0 Å². The van der Waals surface area contributed by atoms with E-state index in [-0.39, 0.29) is 6.04 Å². The molecule has 2 aromatic heterocycles. The van der Waals surface area contributed by atoms with Crippen molar-refractivity contribution in [2.24, 2.45) is 0 Å². The molecule has 0 saturated carbocycles. The summed E-state index contributed by atoms with van der Waals surface area (Å²) in [5.74, 6) is 1.21. The molecule has 0 bridgehead atoms. The van der Waals surface area contributed by atoms with Crippen molar-refractivity contribution in [3.05, 3.63) is 57.2 Å². The Bertz CT molecular complexity index is 833. The third-order valence-electron chi connectivity index (χ3n) is 4.03. The van der Waals surface area contributed by atoms with Crippen LogP contribution in [0.25, 0.3) is 0 Å². The van der Waals surface area contributed by atoms with Gasteiger partial charge < -0.3 is 4.42 Å². The van der Waals surface area contributed by atoms with Gasteiger partial charge in [0.05, 0.1) is 6.04 Å². The Kier molecular flexibility index (Phi) is 3.84. The average Bonchev–Trinajstić information content (AvgIpc) is 3.16. The lowest BCUT2D eigenvalue weighted by molar-refractivity contribution is 0.135. The molecule has 1 aliphatic rings. The molecule has 0 fully saturated rings. The van der Waals surface area contributed by atoms with Gasteiger partial charge in [0, 0.05) is 31.5 Å². The largest absolute Gasteiger partial charge is 0.424 e. The zero-order chi connectivity index (χ0) is 15.8. The van der Waals surface area contributed by atoms with Crippen molar-refractivity contribution in [2.45, 2.75) is 32.5 Å². The van der Waals surface area contributed by atoms with Gasteiger partial charge in [-0.25, -0.2) is 0 Å². The van der Waals surface area contributed by atoms with Gasteiger partial charge in [-0.3, -0.25) is 4.90 Å². The Labute approximate surface area is 142 Å². The predicted molar refractivity (Wildman–Crippen MR) is 86.1 cm³/mol. The van der Waals surface area contributed by atoms with Crippen LogP contribution in [-0.2, 0) is 19.5 Å². The van der Waals surface area contributed by atoms with Crippen LogP contribution in [0.3, 0.4) is 0 Å². The molecule has 4 rings (SSSR count). The summed E-state index contributed by atoms with van der Waals surface area (Å²) in [7, 11) is 0. The first kappa shape index (κ1) is 14.7. The Morgan fingerprint density at radius 3 is 2.78 bits per heavy atom. The minimum Gasteiger partial charge on any atom is -0.424 e. The van der Waals surface area contributed by atoms with Crippen LogP contribution in [-0.4, -0.2) is 24.7 Å². The lowest BCUT2D eigenvalue weighted by atomic mass is 9.94. The molecule has 1 aliphatic heterocycles. The molecule has 3 heterocycles. The van der Waals surface area contributed by atoms with E-state index in [0.717, 1.165) is 18.7 Å². The Morgan fingerprint density at radius 2 is 2.09 bits per heavy atom. The second-order valence-corrected chi connectivity index (χ2v) is 6.90. The molecule has 1 atom stereocenters. The average molecular weight is 348 g/mol. The zero-order valence-electron chi connectivity index (χ0n) is 12.4. The third-order valence-corrected chi connectivity index (χ3v) is 5.02. The molecule has 6 nitrogen and oxygen atoms in total. The fraction of sp³-hybridized carbons (Fsp3) is 0.333. The summed E-state index contributed by atoms with van der Waals surface area (Å²) in [4.78, 5) is 2.26. The number of hydrogen-bond donors (Lipinski definition) is 0. The van der Waals surface area contributed by atoms with Crippen LogP contribution in [0, 0.1) is 6.92 Å². The number of fused-ring (bicyclic) bond motifs is 1. The van der Waals surface area contributed by atoms with E-state index in [4.69, 9.17) is 16.0 Å². The van der Waals surface area contributed by atoms with Crippen molar-refractivity contribution in [2.75, 3.05) is 0 Å². The summed E-state index contributed by atoms with van der Waals surface area (Å²) in [5.41, 5.74) is 3.41. The van der Waals surface area contributed by atoms with E-state index in [1.54, 1.807) is 6.92 Å². The topological polar surface area (TPSA) is 67.9 Å². The van der Waals surface area contributed by atoms with Gasteiger partial charge in [-0.2, -0.15) is 0 Å². The molecule has 1 unspecified atom stereocenters. The van der Waals surface area contributed by atoms with Gasteiger partial charge in [-0.1, -0.05) is 40.4 Å². The first-order valence-electron chi connectivity index (χ1n) is 7.28. The Morgan fingerprint density at radius 1 is 1.26 bits per heavy atom. The molecule has 0 spiro atoms. The molecular weight excluding hydrogens is 334 g/mol. The lowest BCUT2D eigenvalue weighted by Crippen LogP contribution is -2.34. The minimum atomic E-state index is 0.0175.